The summed E-state index contributed by atoms with van der Waals surface area (Å²) in [6.07, 6.45) is 1.88. The second kappa shape index (κ2) is 2.38. The Bertz CT molecular complexity index is 304. The molecule has 0 unspecified atom stereocenters. The van der Waals surface area contributed by atoms with Crippen LogP contribution in [0, 0.1) is 0 Å². The van der Waals surface area contributed by atoms with Crippen molar-refractivity contribution >= 4 is 5.71 Å². The minimum absolute atomic E-state index is 0.820. The second-order valence-corrected chi connectivity index (χ2v) is 2.70. The van der Waals surface area contributed by atoms with Crippen LogP contribution in [0.2, 0.25) is 0 Å². The molecule has 0 amide bonds. The Kier molecular flexibility index (Phi) is 1.39. The van der Waals surface area contributed by atoms with Crippen molar-refractivity contribution in [2.45, 2.75) is 12.8 Å². The molecule has 0 aliphatic heterocycles. The molecule has 1 aromatic carbocycles. The van der Waals surface area contributed by atoms with Crippen LogP contribution in [-0.2, 0) is 6.42 Å². The summed E-state index contributed by atoms with van der Waals surface area (Å²) in [5, 5.41) is 11.8. The average Bonchev–Trinajstić information content (AvgIpc) is 2.47. The Labute approximate surface area is 65.2 Å². The molecule has 2 heteroatoms. The number of fused-ring (bicyclic) bond motifs is 1. The zero-order chi connectivity index (χ0) is 7.68. The molecule has 0 aromatic heterocycles. The first-order valence-corrected chi connectivity index (χ1v) is 3.71. The van der Waals surface area contributed by atoms with Crippen LogP contribution in [0.4, 0.5) is 0 Å². The highest BCUT2D eigenvalue weighted by Gasteiger charge is 2.16. The molecule has 0 atom stereocenters. The van der Waals surface area contributed by atoms with E-state index < -0.39 is 0 Å². The lowest BCUT2D eigenvalue weighted by Gasteiger charge is -1.94. The van der Waals surface area contributed by atoms with Crippen molar-refractivity contribution in [3.63, 3.8) is 0 Å². The lowest BCUT2D eigenvalue weighted by Crippen LogP contribution is -1.92. The largest absolute Gasteiger partial charge is 0.411 e. The second-order valence-electron chi connectivity index (χ2n) is 2.70. The molecule has 0 heterocycles. The molecule has 0 fully saturated rings. The predicted octanol–water partition coefficient (Wildman–Crippen LogP) is 1.81. The van der Waals surface area contributed by atoms with Crippen LogP contribution in [0.25, 0.3) is 0 Å². The van der Waals surface area contributed by atoms with E-state index in [0.717, 1.165) is 24.1 Å². The molecular weight excluding hydrogens is 138 g/mol. The zero-order valence-corrected chi connectivity index (χ0v) is 6.12. The third-order valence-electron chi connectivity index (χ3n) is 2.08. The lowest BCUT2D eigenvalue weighted by molar-refractivity contribution is 0.318. The highest BCUT2D eigenvalue weighted by atomic mass is 16.4. The third kappa shape index (κ3) is 0.909. The number of aryl methyl sites for hydroxylation is 1. The first kappa shape index (κ1) is 6.40. The smallest absolute Gasteiger partial charge is 0.0873 e. The van der Waals surface area contributed by atoms with Crippen molar-refractivity contribution in [3.05, 3.63) is 35.4 Å². The summed E-state index contributed by atoms with van der Waals surface area (Å²) < 4.78 is 0. The van der Waals surface area contributed by atoms with Gasteiger partial charge in [0.15, 0.2) is 0 Å². The monoisotopic (exact) mass is 147 g/mol. The standard InChI is InChI=1S/C9H9NO/c11-10-9-6-5-7-3-1-2-4-8(7)9/h1-4,11H,5-6H2. The molecule has 0 saturated carbocycles. The van der Waals surface area contributed by atoms with Crippen molar-refractivity contribution in [3.8, 4) is 0 Å². The van der Waals surface area contributed by atoms with Crippen LogP contribution in [0.3, 0.4) is 0 Å². The third-order valence-corrected chi connectivity index (χ3v) is 2.08. The van der Waals surface area contributed by atoms with Crippen molar-refractivity contribution < 1.29 is 5.21 Å². The quantitative estimate of drug-likeness (QED) is 0.440. The van der Waals surface area contributed by atoms with E-state index in [0.29, 0.717) is 0 Å². The lowest BCUT2D eigenvalue weighted by atomic mass is 10.1. The number of rotatable bonds is 0. The number of benzene rings is 1. The van der Waals surface area contributed by atoms with E-state index in [4.69, 9.17) is 5.21 Å². The SMILES string of the molecule is ON=C1CCc2ccccc21. The van der Waals surface area contributed by atoms with E-state index in [2.05, 4.69) is 11.2 Å². The van der Waals surface area contributed by atoms with Crippen LogP contribution in [0.1, 0.15) is 17.5 Å². The molecule has 56 valence electrons. The van der Waals surface area contributed by atoms with Crippen molar-refractivity contribution in [1.82, 2.24) is 0 Å². The number of hydrogen-bond acceptors (Lipinski definition) is 2. The highest BCUT2D eigenvalue weighted by Crippen LogP contribution is 2.21. The van der Waals surface area contributed by atoms with E-state index in [9.17, 15) is 0 Å². The topological polar surface area (TPSA) is 32.6 Å². The average molecular weight is 147 g/mol. The molecule has 0 saturated heterocycles. The summed E-state index contributed by atoms with van der Waals surface area (Å²) in [5.74, 6) is 0. The molecule has 1 aromatic rings. The normalized spacial score (nSPS) is 18.7. The first-order chi connectivity index (χ1) is 5.42. The fourth-order valence-electron chi connectivity index (χ4n) is 1.51. The summed E-state index contributed by atoms with van der Waals surface area (Å²) >= 11 is 0. The fraction of sp³-hybridized carbons (Fsp3) is 0.222. The van der Waals surface area contributed by atoms with Gasteiger partial charge in [-0.15, -0.1) is 0 Å². The van der Waals surface area contributed by atoms with E-state index in [1.54, 1.807) is 0 Å². The van der Waals surface area contributed by atoms with Gasteiger partial charge < -0.3 is 5.21 Å². The van der Waals surface area contributed by atoms with Gasteiger partial charge in [-0.1, -0.05) is 29.4 Å². The molecule has 2 rings (SSSR count). The van der Waals surface area contributed by atoms with E-state index in [1.165, 1.54) is 5.56 Å². The summed E-state index contributed by atoms with van der Waals surface area (Å²) in [6, 6.07) is 8.05. The maximum atomic E-state index is 8.60. The van der Waals surface area contributed by atoms with Gasteiger partial charge in [-0.2, -0.15) is 0 Å². The summed E-state index contributed by atoms with van der Waals surface area (Å²) in [7, 11) is 0. The number of hydrogen-bond donors (Lipinski definition) is 1. The van der Waals surface area contributed by atoms with Crippen molar-refractivity contribution in [2.24, 2.45) is 5.16 Å². The molecule has 0 spiro atoms. The summed E-state index contributed by atoms with van der Waals surface area (Å²) in [4.78, 5) is 0. The van der Waals surface area contributed by atoms with Crippen LogP contribution >= 0.6 is 0 Å². The van der Waals surface area contributed by atoms with E-state index in [1.807, 2.05) is 18.2 Å². The Morgan fingerprint density at radius 3 is 2.82 bits per heavy atom. The van der Waals surface area contributed by atoms with Crippen molar-refractivity contribution in [1.29, 1.82) is 0 Å². The predicted molar refractivity (Wildman–Crippen MR) is 43.1 cm³/mol. The van der Waals surface area contributed by atoms with Gasteiger partial charge in [-0.05, 0) is 18.4 Å². The van der Waals surface area contributed by atoms with Gasteiger partial charge in [0.2, 0.25) is 0 Å². The van der Waals surface area contributed by atoms with Crippen LogP contribution < -0.4 is 0 Å². The fourth-order valence-corrected chi connectivity index (χ4v) is 1.51. The molecule has 2 nitrogen and oxygen atoms in total. The Hall–Kier alpha value is -1.31. The van der Waals surface area contributed by atoms with E-state index >= 15 is 0 Å². The number of oxime groups is 1. The minimum atomic E-state index is 0.820. The molecule has 1 N–H and O–H groups in total. The molecule has 0 radical (unpaired) electrons. The molecule has 0 bridgehead atoms. The maximum absolute atomic E-state index is 8.60. The Morgan fingerprint density at radius 2 is 2.00 bits per heavy atom. The van der Waals surface area contributed by atoms with Crippen LogP contribution in [0.5, 0.6) is 0 Å². The maximum Gasteiger partial charge on any atom is 0.0873 e. The van der Waals surface area contributed by atoms with Gasteiger partial charge in [0.05, 0.1) is 5.71 Å². The molecule has 1 aliphatic rings. The van der Waals surface area contributed by atoms with Gasteiger partial charge in [-0.3, -0.25) is 0 Å². The zero-order valence-electron chi connectivity index (χ0n) is 6.12. The van der Waals surface area contributed by atoms with E-state index in [-0.39, 0.29) is 0 Å². The van der Waals surface area contributed by atoms with Gasteiger partial charge in [0.1, 0.15) is 0 Å². The van der Waals surface area contributed by atoms with Crippen molar-refractivity contribution in [2.75, 3.05) is 0 Å². The van der Waals surface area contributed by atoms with Crippen LogP contribution in [-0.4, -0.2) is 10.9 Å². The van der Waals surface area contributed by atoms with Crippen LogP contribution in [0.15, 0.2) is 29.4 Å². The van der Waals surface area contributed by atoms with Gasteiger partial charge in [0, 0.05) is 5.56 Å². The highest BCUT2D eigenvalue weighted by molar-refractivity contribution is 6.04. The summed E-state index contributed by atoms with van der Waals surface area (Å²) in [6.45, 7) is 0. The number of nitrogens with zero attached hydrogens (tertiary/aromatic N) is 1. The molecule has 1 aliphatic carbocycles. The Morgan fingerprint density at radius 1 is 1.18 bits per heavy atom. The molecule has 11 heavy (non-hydrogen) atoms. The Balaban J connectivity index is 2.55. The van der Waals surface area contributed by atoms with Gasteiger partial charge in [-0.25, -0.2) is 0 Å². The summed E-state index contributed by atoms with van der Waals surface area (Å²) in [5.41, 5.74) is 3.22. The van der Waals surface area contributed by atoms with Gasteiger partial charge in [0.25, 0.3) is 0 Å². The van der Waals surface area contributed by atoms with Gasteiger partial charge >= 0.3 is 0 Å². The molecular formula is C9H9NO. The minimum Gasteiger partial charge on any atom is -0.411 e. The first-order valence-electron chi connectivity index (χ1n) is 3.71.